The molecule has 5 nitrogen and oxygen atoms in total. The van der Waals surface area contributed by atoms with Gasteiger partial charge >= 0.3 is 0 Å². The van der Waals surface area contributed by atoms with E-state index in [4.69, 9.17) is 9.47 Å². The number of rotatable bonds is 1. The van der Waals surface area contributed by atoms with Gasteiger partial charge < -0.3 is 14.6 Å². The zero-order valence-electron chi connectivity index (χ0n) is 11.0. The summed E-state index contributed by atoms with van der Waals surface area (Å²) in [5, 5.41) is 14.5. The number of nitrogens with zero attached hydrogens (tertiary/aromatic N) is 2. The number of ether oxygens (including phenoxy) is 2. The first-order valence-corrected chi connectivity index (χ1v) is 6.30. The van der Waals surface area contributed by atoms with E-state index in [2.05, 4.69) is 5.10 Å². The Kier molecular flexibility index (Phi) is 2.81. The maximum Gasteiger partial charge on any atom is 0.170 e. The predicted octanol–water partition coefficient (Wildman–Crippen LogP) is 2.26. The molecule has 1 N–H and O–H groups in total. The number of benzene rings is 1. The average molecular weight is 260 g/mol. The number of aromatic hydroxyl groups is 1. The van der Waals surface area contributed by atoms with Gasteiger partial charge in [0.15, 0.2) is 17.2 Å². The van der Waals surface area contributed by atoms with Gasteiger partial charge in [-0.1, -0.05) is 6.07 Å². The molecule has 1 aliphatic heterocycles. The van der Waals surface area contributed by atoms with Crippen LogP contribution in [0.5, 0.6) is 17.2 Å². The van der Waals surface area contributed by atoms with Crippen molar-refractivity contribution in [2.24, 2.45) is 7.05 Å². The van der Waals surface area contributed by atoms with Crippen LogP contribution in [-0.2, 0) is 7.05 Å². The summed E-state index contributed by atoms with van der Waals surface area (Å²) in [4.78, 5) is 0. The topological polar surface area (TPSA) is 56.5 Å². The Labute approximate surface area is 111 Å². The molecule has 0 fully saturated rings. The minimum atomic E-state index is 0.184. The SMILES string of the molecule is Cc1c(O)c(-c2cccc3c2OCCCO3)nn1C. The molecule has 0 bridgehead atoms. The molecule has 0 amide bonds. The van der Waals surface area contributed by atoms with Crippen molar-refractivity contribution >= 4 is 0 Å². The maximum absolute atomic E-state index is 10.2. The lowest BCUT2D eigenvalue weighted by Gasteiger charge is -2.10. The van der Waals surface area contributed by atoms with Crippen LogP contribution in [0.25, 0.3) is 11.3 Å². The van der Waals surface area contributed by atoms with Crippen molar-refractivity contribution in [3.05, 3.63) is 23.9 Å². The fraction of sp³-hybridized carbons (Fsp3) is 0.357. The van der Waals surface area contributed by atoms with Crippen LogP contribution in [0, 0.1) is 6.92 Å². The lowest BCUT2D eigenvalue weighted by atomic mass is 10.1. The van der Waals surface area contributed by atoms with Gasteiger partial charge in [-0.05, 0) is 19.1 Å². The molecule has 2 heterocycles. The van der Waals surface area contributed by atoms with Crippen LogP contribution in [0.1, 0.15) is 12.1 Å². The Bertz CT molecular complexity index is 619. The molecule has 0 radical (unpaired) electrons. The average Bonchev–Trinajstić information content (AvgIpc) is 2.64. The summed E-state index contributed by atoms with van der Waals surface area (Å²) in [7, 11) is 1.80. The van der Waals surface area contributed by atoms with E-state index in [1.54, 1.807) is 11.7 Å². The number of hydrogen-bond acceptors (Lipinski definition) is 4. The summed E-state index contributed by atoms with van der Waals surface area (Å²) in [6.45, 7) is 3.07. The highest BCUT2D eigenvalue weighted by molar-refractivity contribution is 5.76. The predicted molar refractivity (Wildman–Crippen MR) is 70.7 cm³/mol. The summed E-state index contributed by atoms with van der Waals surface area (Å²) in [5.41, 5.74) is 2.02. The molecule has 19 heavy (non-hydrogen) atoms. The summed E-state index contributed by atoms with van der Waals surface area (Å²) in [6.07, 6.45) is 0.849. The molecule has 0 atom stereocenters. The van der Waals surface area contributed by atoms with E-state index in [9.17, 15) is 5.11 Å². The van der Waals surface area contributed by atoms with E-state index in [0.29, 0.717) is 30.4 Å². The largest absolute Gasteiger partial charge is 0.504 e. The Morgan fingerprint density at radius 1 is 1.26 bits per heavy atom. The van der Waals surface area contributed by atoms with Crippen molar-refractivity contribution in [2.75, 3.05) is 13.2 Å². The van der Waals surface area contributed by atoms with E-state index >= 15 is 0 Å². The molecule has 1 aromatic heterocycles. The van der Waals surface area contributed by atoms with Gasteiger partial charge in [0.05, 0.1) is 24.5 Å². The van der Waals surface area contributed by atoms with Crippen LogP contribution >= 0.6 is 0 Å². The molecule has 100 valence electrons. The monoisotopic (exact) mass is 260 g/mol. The van der Waals surface area contributed by atoms with Gasteiger partial charge in [-0.2, -0.15) is 5.10 Å². The summed E-state index contributed by atoms with van der Waals surface area (Å²) in [6, 6.07) is 5.64. The molecule has 1 aliphatic rings. The molecule has 2 aromatic rings. The van der Waals surface area contributed by atoms with Gasteiger partial charge in [0.2, 0.25) is 0 Å². The minimum Gasteiger partial charge on any atom is -0.504 e. The van der Waals surface area contributed by atoms with Crippen LogP contribution in [0.3, 0.4) is 0 Å². The third-order valence-corrected chi connectivity index (χ3v) is 3.33. The molecular weight excluding hydrogens is 244 g/mol. The van der Waals surface area contributed by atoms with E-state index in [1.807, 2.05) is 25.1 Å². The van der Waals surface area contributed by atoms with Crippen molar-refractivity contribution in [2.45, 2.75) is 13.3 Å². The van der Waals surface area contributed by atoms with Gasteiger partial charge in [0.25, 0.3) is 0 Å². The van der Waals surface area contributed by atoms with Crippen molar-refractivity contribution in [3.8, 4) is 28.5 Å². The molecule has 0 aliphatic carbocycles. The normalized spacial score (nSPS) is 14.2. The van der Waals surface area contributed by atoms with Gasteiger partial charge in [-0.15, -0.1) is 0 Å². The summed E-state index contributed by atoms with van der Waals surface area (Å²) < 4.78 is 13.1. The zero-order chi connectivity index (χ0) is 13.4. The molecule has 0 saturated heterocycles. The lowest BCUT2D eigenvalue weighted by Crippen LogP contribution is -1.98. The molecule has 3 rings (SSSR count). The first kappa shape index (κ1) is 11.9. The van der Waals surface area contributed by atoms with Crippen molar-refractivity contribution in [1.82, 2.24) is 9.78 Å². The standard InChI is InChI=1S/C14H16N2O3/c1-9-13(17)12(15-16(9)2)10-5-3-6-11-14(10)19-8-4-7-18-11/h3,5-6,17H,4,7-8H2,1-2H3. The summed E-state index contributed by atoms with van der Waals surface area (Å²) >= 11 is 0. The van der Waals surface area contributed by atoms with Crippen LogP contribution in [0.2, 0.25) is 0 Å². The number of aromatic nitrogens is 2. The van der Waals surface area contributed by atoms with E-state index in [0.717, 1.165) is 17.7 Å². The Hall–Kier alpha value is -2.17. The van der Waals surface area contributed by atoms with Gasteiger partial charge in [0.1, 0.15) is 5.69 Å². The zero-order valence-corrected chi connectivity index (χ0v) is 11.0. The fourth-order valence-electron chi connectivity index (χ4n) is 2.16. The molecule has 5 heteroatoms. The molecule has 0 saturated carbocycles. The van der Waals surface area contributed by atoms with Crippen LogP contribution in [0.15, 0.2) is 18.2 Å². The Morgan fingerprint density at radius 2 is 2.05 bits per heavy atom. The van der Waals surface area contributed by atoms with Crippen molar-refractivity contribution in [3.63, 3.8) is 0 Å². The highest BCUT2D eigenvalue weighted by Crippen LogP contribution is 2.42. The van der Waals surface area contributed by atoms with Crippen LogP contribution in [-0.4, -0.2) is 28.1 Å². The molecule has 0 unspecified atom stereocenters. The van der Waals surface area contributed by atoms with E-state index < -0.39 is 0 Å². The number of aryl methyl sites for hydroxylation is 1. The second-order valence-electron chi connectivity index (χ2n) is 4.59. The molecular formula is C14H16N2O3. The first-order chi connectivity index (χ1) is 9.18. The Balaban J connectivity index is 2.17. The first-order valence-electron chi connectivity index (χ1n) is 6.30. The van der Waals surface area contributed by atoms with Crippen molar-refractivity contribution in [1.29, 1.82) is 0 Å². The third kappa shape index (κ3) is 1.91. The number of fused-ring (bicyclic) bond motifs is 1. The van der Waals surface area contributed by atoms with Gasteiger partial charge in [-0.25, -0.2) is 0 Å². The van der Waals surface area contributed by atoms with Crippen LogP contribution < -0.4 is 9.47 Å². The smallest absolute Gasteiger partial charge is 0.170 e. The van der Waals surface area contributed by atoms with E-state index in [1.165, 1.54) is 0 Å². The summed E-state index contributed by atoms with van der Waals surface area (Å²) in [5.74, 6) is 1.55. The highest BCUT2D eigenvalue weighted by atomic mass is 16.5. The van der Waals surface area contributed by atoms with Gasteiger partial charge in [-0.3, -0.25) is 4.68 Å². The third-order valence-electron chi connectivity index (χ3n) is 3.33. The molecule has 0 spiro atoms. The number of para-hydroxylation sites is 1. The maximum atomic E-state index is 10.2. The quantitative estimate of drug-likeness (QED) is 0.854. The van der Waals surface area contributed by atoms with E-state index in [-0.39, 0.29) is 5.75 Å². The molecule has 1 aromatic carbocycles. The van der Waals surface area contributed by atoms with Gasteiger partial charge in [0, 0.05) is 13.5 Å². The Morgan fingerprint density at radius 3 is 2.79 bits per heavy atom. The van der Waals surface area contributed by atoms with Crippen molar-refractivity contribution < 1.29 is 14.6 Å². The fourth-order valence-corrected chi connectivity index (χ4v) is 2.16. The number of hydrogen-bond donors (Lipinski definition) is 1. The lowest BCUT2D eigenvalue weighted by molar-refractivity contribution is 0.297. The minimum absolute atomic E-state index is 0.184. The van der Waals surface area contributed by atoms with Crippen LogP contribution in [0.4, 0.5) is 0 Å². The second-order valence-corrected chi connectivity index (χ2v) is 4.59. The highest BCUT2D eigenvalue weighted by Gasteiger charge is 2.21. The second kappa shape index (κ2) is 4.50.